The van der Waals surface area contributed by atoms with Crippen LogP contribution in [0.1, 0.15) is 26.2 Å². The van der Waals surface area contributed by atoms with E-state index in [4.69, 9.17) is 11.6 Å². The van der Waals surface area contributed by atoms with Crippen molar-refractivity contribution in [2.75, 3.05) is 21.5 Å². The van der Waals surface area contributed by atoms with Gasteiger partial charge in [-0.25, -0.2) is 16.8 Å². The summed E-state index contributed by atoms with van der Waals surface area (Å²) >= 11 is 5.85. The van der Waals surface area contributed by atoms with Crippen LogP contribution in [-0.2, 0) is 24.7 Å². The van der Waals surface area contributed by atoms with Crippen molar-refractivity contribution in [3.63, 3.8) is 0 Å². The van der Waals surface area contributed by atoms with Gasteiger partial charge in [0.2, 0.25) is 5.91 Å². The fraction of sp³-hybridized carbons (Fsp3) is 0.316. The van der Waals surface area contributed by atoms with Gasteiger partial charge in [0.05, 0.1) is 22.0 Å². The summed E-state index contributed by atoms with van der Waals surface area (Å²) in [6.07, 6.45) is 2.04. The molecule has 164 valence electrons. The first-order valence-corrected chi connectivity index (χ1v) is 12.8. The zero-order valence-electron chi connectivity index (χ0n) is 16.3. The zero-order valence-corrected chi connectivity index (χ0v) is 18.6. The van der Waals surface area contributed by atoms with E-state index in [2.05, 4.69) is 10.0 Å². The number of phenols is 1. The number of rotatable bonds is 10. The lowest BCUT2D eigenvalue weighted by Gasteiger charge is -2.12. The molecular formula is C19H23ClN2O6S2. The van der Waals surface area contributed by atoms with Gasteiger partial charge in [-0.1, -0.05) is 37.4 Å². The maximum absolute atomic E-state index is 12.6. The Hall–Kier alpha value is -2.30. The number of hydrogen-bond donors (Lipinski definition) is 3. The minimum absolute atomic E-state index is 0.113. The van der Waals surface area contributed by atoms with Gasteiger partial charge in [0, 0.05) is 5.02 Å². The van der Waals surface area contributed by atoms with Crippen LogP contribution in [0.3, 0.4) is 0 Å². The van der Waals surface area contributed by atoms with Crippen LogP contribution in [-0.4, -0.2) is 39.4 Å². The zero-order chi connectivity index (χ0) is 22.4. The van der Waals surface area contributed by atoms with Crippen molar-refractivity contribution in [1.82, 2.24) is 0 Å². The summed E-state index contributed by atoms with van der Waals surface area (Å²) in [5, 5.41) is 12.6. The molecule has 0 aromatic heterocycles. The molecule has 11 heteroatoms. The van der Waals surface area contributed by atoms with Crippen molar-refractivity contribution in [3.05, 3.63) is 47.5 Å². The molecule has 0 radical (unpaired) electrons. The summed E-state index contributed by atoms with van der Waals surface area (Å²) in [4.78, 5) is 11.9. The van der Waals surface area contributed by atoms with Gasteiger partial charge in [0.15, 0.2) is 9.84 Å². The SMILES string of the molecule is CCCCCS(=O)(=O)CC(=O)Nc1cc(S(=O)(=O)Nc2cccc(Cl)c2)ccc1O. The molecule has 0 fully saturated rings. The number of phenolic OH excluding ortho intramolecular Hbond substituents is 1. The molecular weight excluding hydrogens is 452 g/mol. The molecule has 3 N–H and O–H groups in total. The number of carbonyl (C=O) groups is 1. The summed E-state index contributed by atoms with van der Waals surface area (Å²) in [6.45, 7) is 1.93. The molecule has 0 heterocycles. The van der Waals surface area contributed by atoms with Gasteiger partial charge >= 0.3 is 0 Å². The molecule has 0 atom stereocenters. The van der Waals surface area contributed by atoms with Crippen LogP contribution in [0.2, 0.25) is 5.02 Å². The minimum atomic E-state index is -4.04. The second-order valence-electron chi connectivity index (χ2n) is 6.64. The van der Waals surface area contributed by atoms with Gasteiger partial charge in [-0.15, -0.1) is 0 Å². The Kier molecular flexibility index (Phi) is 8.10. The van der Waals surface area contributed by atoms with Crippen LogP contribution in [0.4, 0.5) is 11.4 Å². The van der Waals surface area contributed by atoms with Gasteiger partial charge in [-0.05, 0) is 42.8 Å². The Labute approximate surface area is 181 Å². The second-order valence-corrected chi connectivity index (χ2v) is 10.9. The van der Waals surface area contributed by atoms with Crippen LogP contribution in [0.15, 0.2) is 47.4 Å². The maximum atomic E-state index is 12.6. The molecule has 2 aromatic rings. The van der Waals surface area contributed by atoms with Crippen molar-refractivity contribution in [2.24, 2.45) is 0 Å². The number of nitrogens with one attached hydrogen (secondary N) is 2. The average Bonchev–Trinajstić information content (AvgIpc) is 2.62. The Morgan fingerprint density at radius 1 is 1.07 bits per heavy atom. The molecule has 0 saturated heterocycles. The highest BCUT2D eigenvalue weighted by Gasteiger charge is 2.20. The Morgan fingerprint density at radius 2 is 1.80 bits per heavy atom. The summed E-state index contributed by atoms with van der Waals surface area (Å²) < 4.78 is 51.5. The molecule has 0 unspecified atom stereocenters. The van der Waals surface area contributed by atoms with Gasteiger partial charge < -0.3 is 10.4 Å². The molecule has 8 nitrogen and oxygen atoms in total. The average molecular weight is 475 g/mol. The van der Waals surface area contributed by atoms with E-state index >= 15 is 0 Å². The molecule has 0 spiro atoms. The lowest BCUT2D eigenvalue weighted by Crippen LogP contribution is -2.25. The third-order valence-corrected chi connectivity index (χ3v) is 7.27. The van der Waals surface area contributed by atoms with E-state index in [1.165, 1.54) is 12.1 Å². The number of benzene rings is 2. The molecule has 2 rings (SSSR count). The first-order chi connectivity index (χ1) is 14.0. The number of hydrogen-bond acceptors (Lipinski definition) is 6. The van der Waals surface area contributed by atoms with Crippen LogP contribution in [0, 0.1) is 0 Å². The number of amides is 1. The normalized spacial score (nSPS) is 11.8. The van der Waals surface area contributed by atoms with Crippen LogP contribution >= 0.6 is 11.6 Å². The minimum Gasteiger partial charge on any atom is -0.506 e. The predicted octanol–water partition coefficient (Wildman–Crippen LogP) is 3.39. The number of sulfone groups is 1. The van der Waals surface area contributed by atoms with E-state index in [1.54, 1.807) is 12.1 Å². The smallest absolute Gasteiger partial charge is 0.261 e. The van der Waals surface area contributed by atoms with Gasteiger partial charge in [-0.2, -0.15) is 0 Å². The molecule has 1 amide bonds. The standard InChI is InChI=1S/C19H23ClN2O6S2/c1-2-3-4-10-29(25,26)13-19(24)21-17-12-16(8-9-18(17)23)30(27,28)22-15-7-5-6-14(20)11-15/h5-9,11-12,22-23H,2-4,10,13H2,1H3,(H,21,24). The highest BCUT2D eigenvalue weighted by Crippen LogP contribution is 2.28. The monoisotopic (exact) mass is 474 g/mol. The molecule has 0 bridgehead atoms. The third-order valence-electron chi connectivity index (χ3n) is 4.04. The predicted molar refractivity (Wildman–Crippen MR) is 117 cm³/mol. The van der Waals surface area contributed by atoms with Crippen LogP contribution in [0.25, 0.3) is 0 Å². The molecule has 0 aliphatic heterocycles. The van der Waals surface area contributed by atoms with Crippen molar-refractivity contribution in [3.8, 4) is 5.75 Å². The Bertz CT molecular complexity index is 1120. The van der Waals surface area contributed by atoms with Crippen LogP contribution < -0.4 is 10.0 Å². The maximum Gasteiger partial charge on any atom is 0.261 e. The summed E-state index contributed by atoms with van der Waals surface area (Å²) in [7, 11) is -7.65. The van der Waals surface area contributed by atoms with Crippen LogP contribution in [0.5, 0.6) is 5.75 Å². The Morgan fingerprint density at radius 3 is 2.47 bits per heavy atom. The van der Waals surface area contributed by atoms with Crippen molar-refractivity contribution in [1.29, 1.82) is 0 Å². The molecule has 0 aliphatic carbocycles. The van der Waals surface area contributed by atoms with E-state index in [0.29, 0.717) is 11.4 Å². The second kappa shape index (κ2) is 10.1. The third kappa shape index (κ3) is 7.19. The quantitative estimate of drug-likeness (QED) is 0.357. The van der Waals surface area contributed by atoms with E-state index in [-0.39, 0.29) is 22.0 Å². The topological polar surface area (TPSA) is 130 Å². The van der Waals surface area contributed by atoms with E-state index in [9.17, 15) is 26.7 Å². The fourth-order valence-corrected chi connectivity index (χ4v) is 5.10. The molecule has 0 saturated carbocycles. The number of halogens is 1. The van der Waals surface area contributed by atoms with Crippen molar-refractivity contribution >= 4 is 48.7 Å². The van der Waals surface area contributed by atoms with Crippen molar-refractivity contribution in [2.45, 2.75) is 31.1 Å². The highest BCUT2D eigenvalue weighted by molar-refractivity contribution is 7.92. The lowest BCUT2D eigenvalue weighted by atomic mass is 10.3. The summed E-state index contributed by atoms with van der Waals surface area (Å²) in [5.74, 6) is -2.13. The first-order valence-electron chi connectivity index (χ1n) is 9.14. The molecule has 0 aliphatic rings. The van der Waals surface area contributed by atoms with E-state index in [0.717, 1.165) is 31.0 Å². The summed E-state index contributed by atoms with van der Waals surface area (Å²) in [6, 6.07) is 9.38. The molecule has 30 heavy (non-hydrogen) atoms. The number of sulfonamides is 1. The fourth-order valence-electron chi connectivity index (χ4n) is 2.58. The van der Waals surface area contributed by atoms with Crippen molar-refractivity contribution < 1.29 is 26.7 Å². The lowest BCUT2D eigenvalue weighted by molar-refractivity contribution is -0.113. The number of aromatic hydroxyl groups is 1. The number of anilines is 2. The van der Waals surface area contributed by atoms with E-state index in [1.807, 2.05) is 6.92 Å². The number of unbranched alkanes of at least 4 members (excludes halogenated alkanes) is 2. The number of carbonyl (C=O) groups excluding carboxylic acids is 1. The largest absolute Gasteiger partial charge is 0.506 e. The Balaban J connectivity index is 2.15. The molecule has 2 aromatic carbocycles. The van der Waals surface area contributed by atoms with Gasteiger partial charge in [0.25, 0.3) is 10.0 Å². The van der Waals surface area contributed by atoms with Gasteiger partial charge in [-0.3, -0.25) is 9.52 Å². The van der Waals surface area contributed by atoms with E-state index < -0.39 is 37.3 Å². The highest BCUT2D eigenvalue weighted by atomic mass is 35.5. The summed E-state index contributed by atoms with van der Waals surface area (Å²) in [5.41, 5.74) is 0.0251. The van der Waals surface area contributed by atoms with Gasteiger partial charge in [0.1, 0.15) is 11.5 Å². The first kappa shape index (κ1) is 24.0.